The van der Waals surface area contributed by atoms with E-state index >= 15 is 0 Å². The van der Waals surface area contributed by atoms with Gasteiger partial charge >= 0.3 is 12.2 Å². The molecule has 0 aliphatic rings. The number of nitrogens with zero attached hydrogens (tertiary/aromatic N) is 2. The quantitative estimate of drug-likeness (QED) is 0.469. The maximum Gasteiger partial charge on any atom is 0.432 e. The number of ether oxygens (including phenoxy) is 2. The number of alkyl carbamates (subject to hydrolysis) is 1. The average Bonchev–Trinajstić information content (AvgIpc) is 3.22. The first-order valence-electron chi connectivity index (χ1n) is 10.5. The van der Waals surface area contributed by atoms with Gasteiger partial charge in [-0.15, -0.1) is 0 Å². The first-order valence-corrected chi connectivity index (χ1v) is 10.5. The molecule has 0 aliphatic heterocycles. The Bertz CT molecular complexity index is 1150. The molecular formula is C24H26N4O6. The second-order valence-corrected chi connectivity index (χ2v) is 8.37. The van der Waals surface area contributed by atoms with Crippen LogP contribution in [0.15, 0.2) is 67.0 Å². The smallest absolute Gasteiger partial charge is 0.432 e. The van der Waals surface area contributed by atoms with E-state index in [2.05, 4.69) is 15.7 Å². The SMILES string of the molecule is CC(C)(C)OC(=O)NCC(C(=O)Nc1cccc(Oc2cnn(C(=O)O)c2)c1)c1ccccc1. The number of hydrogen-bond donors (Lipinski definition) is 3. The van der Waals surface area contributed by atoms with Gasteiger partial charge in [0.15, 0.2) is 5.75 Å². The number of carbonyl (C=O) groups excluding carboxylic acids is 2. The zero-order valence-electron chi connectivity index (χ0n) is 19.0. The Balaban J connectivity index is 1.71. The van der Waals surface area contributed by atoms with Crippen LogP contribution in [0.3, 0.4) is 0 Å². The van der Waals surface area contributed by atoms with Crippen molar-refractivity contribution in [1.82, 2.24) is 15.1 Å². The zero-order chi connectivity index (χ0) is 24.7. The molecule has 0 saturated carbocycles. The predicted molar refractivity (Wildman–Crippen MR) is 124 cm³/mol. The minimum absolute atomic E-state index is 0.0370. The van der Waals surface area contributed by atoms with Gasteiger partial charge in [0.25, 0.3) is 0 Å². The highest BCUT2D eigenvalue weighted by atomic mass is 16.6. The van der Waals surface area contributed by atoms with Crippen LogP contribution in [0.5, 0.6) is 11.5 Å². The molecule has 1 unspecified atom stereocenters. The van der Waals surface area contributed by atoms with Gasteiger partial charge in [0, 0.05) is 18.3 Å². The van der Waals surface area contributed by atoms with Crippen molar-refractivity contribution in [3.63, 3.8) is 0 Å². The van der Waals surface area contributed by atoms with Crippen LogP contribution in [0.2, 0.25) is 0 Å². The lowest BCUT2D eigenvalue weighted by Gasteiger charge is -2.22. The molecule has 3 N–H and O–H groups in total. The number of benzene rings is 2. The third-order valence-corrected chi connectivity index (χ3v) is 4.46. The maximum atomic E-state index is 13.1. The van der Waals surface area contributed by atoms with Gasteiger partial charge in [0.1, 0.15) is 11.4 Å². The Hall–Kier alpha value is -4.34. The Morgan fingerprint density at radius 1 is 1.06 bits per heavy atom. The molecule has 2 amide bonds. The van der Waals surface area contributed by atoms with Crippen molar-refractivity contribution in [1.29, 1.82) is 0 Å². The predicted octanol–water partition coefficient (Wildman–Crippen LogP) is 4.45. The number of rotatable bonds is 7. The summed E-state index contributed by atoms with van der Waals surface area (Å²) in [4.78, 5) is 36.2. The Morgan fingerprint density at radius 2 is 1.79 bits per heavy atom. The number of aromatic nitrogens is 2. The first-order chi connectivity index (χ1) is 16.1. The number of anilines is 1. The molecule has 178 valence electrons. The molecule has 0 radical (unpaired) electrons. The molecule has 3 rings (SSSR count). The van der Waals surface area contributed by atoms with Gasteiger partial charge in [0.2, 0.25) is 5.91 Å². The Morgan fingerprint density at radius 3 is 2.44 bits per heavy atom. The summed E-state index contributed by atoms with van der Waals surface area (Å²) in [7, 11) is 0. The highest BCUT2D eigenvalue weighted by Crippen LogP contribution is 2.25. The van der Waals surface area contributed by atoms with Crippen LogP contribution in [-0.4, -0.2) is 45.1 Å². The van der Waals surface area contributed by atoms with Crippen LogP contribution in [-0.2, 0) is 9.53 Å². The van der Waals surface area contributed by atoms with Gasteiger partial charge < -0.3 is 25.2 Å². The van der Waals surface area contributed by atoms with Crippen molar-refractivity contribution in [3.05, 3.63) is 72.6 Å². The van der Waals surface area contributed by atoms with Crippen LogP contribution >= 0.6 is 0 Å². The lowest BCUT2D eigenvalue weighted by Crippen LogP contribution is -2.37. The zero-order valence-corrected chi connectivity index (χ0v) is 19.0. The molecule has 0 bridgehead atoms. The first kappa shape index (κ1) is 24.3. The largest absolute Gasteiger partial charge is 0.463 e. The standard InChI is InChI=1S/C24H26N4O6/c1-24(2,3)34-22(30)25-14-20(16-8-5-4-6-9-16)21(29)27-17-10-7-11-18(12-17)33-19-13-26-28(15-19)23(31)32/h4-13,15,20H,14H2,1-3H3,(H,25,30)(H,27,29)(H,31,32). The van der Waals surface area contributed by atoms with Crippen molar-refractivity contribution < 1.29 is 29.0 Å². The fourth-order valence-electron chi connectivity index (χ4n) is 3.01. The summed E-state index contributed by atoms with van der Waals surface area (Å²) >= 11 is 0. The molecule has 34 heavy (non-hydrogen) atoms. The van der Waals surface area contributed by atoms with Crippen molar-refractivity contribution in [2.24, 2.45) is 0 Å². The van der Waals surface area contributed by atoms with E-state index in [4.69, 9.17) is 14.6 Å². The minimum Gasteiger partial charge on any atom is -0.463 e. The van der Waals surface area contributed by atoms with E-state index in [-0.39, 0.29) is 18.2 Å². The van der Waals surface area contributed by atoms with Crippen LogP contribution in [0.25, 0.3) is 0 Å². The van der Waals surface area contributed by atoms with E-state index in [1.807, 2.05) is 18.2 Å². The van der Waals surface area contributed by atoms with Crippen LogP contribution in [0.4, 0.5) is 15.3 Å². The summed E-state index contributed by atoms with van der Waals surface area (Å²) in [6, 6.07) is 15.7. The third kappa shape index (κ3) is 7.09. The fourth-order valence-corrected chi connectivity index (χ4v) is 3.01. The monoisotopic (exact) mass is 466 g/mol. The third-order valence-electron chi connectivity index (χ3n) is 4.46. The summed E-state index contributed by atoms with van der Waals surface area (Å²) in [6.07, 6.45) is 0.649. The molecule has 1 aromatic heterocycles. The molecule has 1 heterocycles. The number of carboxylic acid groups (broad SMARTS) is 1. The van der Waals surface area contributed by atoms with E-state index in [9.17, 15) is 14.4 Å². The number of hydrogen-bond acceptors (Lipinski definition) is 6. The topological polar surface area (TPSA) is 132 Å². The summed E-state index contributed by atoms with van der Waals surface area (Å²) in [5.74, 6) is -0.398. The molecule has 0 fully saturated rings. The van der Waals surface area contributed by atoms with Gasteiger partial charge in [-0.2, -0.15) is 9.78 Å². The lowest BCUT2D eigenvalue weighted by atomic mass is 9.98. The van der Waals surface area contributed by atoms with Crippen molar-refractivity contribution in [3.8, 4) is 11.5 Å². The van der Waals surface area contributed by atoms with Gasteiger partial charge in [-0.1, -0.05) is 36.4 Å². The van der Waals surface area contributed by atoms with E-state index in [1.54, 1.807) is 57.2 Å². The second-order valence-electron chi connectivity index (χ2n) is 8.37. The van der Waals surface area contributed by atoms with Crippen molar-refractivity contribution >= 4 is 23.8 Å². The van der Waals surface area contributed by atoms with Gasteiger partial charge in [0.05, 0.1) is 18.3 Å². The van der Waals surface area contributed by atoms with Crippen LogP contribution in [0, 0.1) is 0 Å². The van der Waals surface area contributed by atoms with Crippen molar-refractivity contribution in [2.75, 3.05) is 11.9 Å². The number of amides is 2. The molecule has 0 saturated heterocycles. The lowest BCUT2D eigenvalue weighted by molar-refractivity contribution is -0.117. The Kier molecular flexibility index (Phi) is 7.52. The molecule has 2 aromatic carbocycles. The van der Waals surface area contributed by atoms with E-state index in [1.165, 1.54) is 12.4 Å². The van der Waals surface area contributed by atoms with Gasteiger partial charge in [-0.25, -0.2) is 9.59 Å². The summed E-state index contributed by atoms with van der Waals surface area (Å²) in [5, 5.41) is 18.1. The maximum absolute atomic E-state index is 13.1. The van der Waals surface area contributed by atoms with Crippen LogP contribution < -0.4 is 15.4 Å². The van der Waals surface area contributed by atoms with Crippen molar-refractivity contribution in [2.45, 2.75) is 32.3 Å². The number of carbonyl (C=O) groups is 3. The highest BCUT2D eigenvalue weighted by molar-refractivity contribution is 5.96. The van der Waals surface area contributed by atoms with Gasteiger partial charge in [-0.05, 0) is 38.5 Å². The molecule has 0 spiro atoms. The molecule has 0 aliphatic carbocycles. The minimum atomic E-state index is -1.23. The summed E-state index contributed by atoms with van der Waals surface area (Å²) in [5.41, 5.74) is 0.534. The molecule has 1 atom stereocenters. The average molecular weight is 466 g/mol. The molecule has 10 heteroatoms. The second kappa shape index (κ2) is 10.5. The normalized spacial score (nSPS) is 11.9. The van der Waals surface area contributed by atoms with Crippen LogP contribution in [0.1, 0.15) is 32.3 Å². The van der Waals surface area contributed by atoms with E-state index in [0.29, 0.717) is 11.4 Å². The summed E-state index contributed by atoms with van der Waals surface area (Å²) < 4.78 is 11.6. The number of nitrogens with one attached hydrogen (secondary N) is 2. The highest BCUT2D eigenvalue weighted by Gasteiger charge is 2.23. The van der Waals surface area contributed by atoms with E-state index < -0.39 is 23.7 Å². The van der Waals surface area contributed by atoms with Gasteiger partial charge in [-0.3, -0.25) is 4.79 Å². The molecule has 10 nitrogen and oxygen atoms in total. The fraction of sp³-hybridized carbons (Fsp3) is 0.250. The molecule has 3 aromatic rings. The van der Waals surface area contributed by atoms with E-state index in [0.717, 1.165) is 10.2 Å². The molecular weight excluding hydrogens is 440 g/mol. The summed E-state index contributed by atoms with van der Waals surface area (Å²) in [6.45, 7) is 5.32. The Labute approximate surface area is 196 Å².